The van der Waals surface area contributed by atoms with E-state index in [1.165, 1.54) is 6.07 Å². The minimum Gasteiger partial charge on any atom is -0.383 e. The molecule has 0 saturated heterocycles. The molecule has 1 rings (SSSR count). The molecular formula is C12H17ClFNO. The molecule has 0 aromatic heterocycles. The molecule has 0 spiro atoms. The van der Waals surface area contributed by atoms with Crippen LogP contribution in [-0.4, -0.2) is 20.3 Å². The van der Waals surface area contributed by atoms with Crippen LogP contribution in [-0.2, 0) is 4.74 Å². The average Bonchev–Trinajstić information content (AvgIpc) is 2.25. The summed E-state index contributed by atoms with van der Waals surface area (Å²) in [5, 5.41) is 3.65. The molecule has 0 aliphatic rings. The molecule has 1 aromatic rings. The van der Waals surface area contributed by atoms with Crippen molar-refractivity contribution in [2.24, 2.45) is 0 Å². The fraction of sp³-hybridized carbons (Fsp3) is 0.500. The fourth-order valence-corrected chi connectivity index (χ4v) is 1.87. The molecule has 0 aliphatic heterocycles. The predicted molar refractivity (Wildman–Crippen MR) is 64.3 cm³/mol. The van der Waals surface area contributed by atoms with Crippen molar-refractivity contribution in [3.63, 3.8) is 0 Å². The third-order valence-electron chi connectivity index (χ3n) is 2.32. The van der Waals surface area contributed by atoms with E-state index >= 15 is 0 Å². The summed E-state index contributed by atoms with van der Waals surface area (Å²) >= 11 is 6.00. The zero-order valence-electron chi connectivity index (χ0n) is 9.59. The third kappa shape index (κ3) is 3.44. The van der Waals surface area contributed by atoms with Gasteiger partial charge in [0.15, 0.2) is 0 Å². The van der Waals surface area contributed by atoms with Crippen molar-refractivity contribution in [3.05, 3.63) is 34.6 Å². The summed E-state index contributed by atoms with van der Waals surface area (Å²) in [5.74, 6) is -0.293. The summed E-state index contributed by atoms with van der Waals surface area (Å²) in [4.78, 5) is 0. The molecule has 90 valence electrons. The van der Waals surface area contributed by atoms with Crippen LogP contribution < -0.4 is 5.32 Å². The second-order valence-electron chi connectivity index (χ2n) is 3.60. The second-order valence-corrected chi connectivity index (χ2v) is 4.00. The smallest absolute Gasteiger partial charge is 0.129 e. The molecule has 4 heteroatoms. The Kier molecular flexibility index (Phi) is 5.74. The van der Waals surface area contributed by atoms with Crippen molar-refractivity contribution in [1.29, 1.82) is 0 Å². The summed E-state index contributed by atoms with van der Waals surface area (Å²) in [7, 11) is 1.59. The number of ether oxygens (including phenoxy) is 1. The highest BCUT2D eigenvalue weighted by Crippen LogP contribution is 2.26. The van der Waals surface area contributed by atoms with E-state index in [0.29, 0.717) is 17.2 Å². The highest BCUT2D eigenvalue weighted by molar-refractivity contribution is 6.31. The molecule has 0 radical (unpaired) electrons. The SMILES string of the molecule is CCCNC(COC)c1c(F)cccc1Cl. The van der Waals surface area contributed by atoms with Crippen LogP contribution in [0.4, 0.5) is 4.39 Å². The van der Waals surface area contributed by atoms with Gasteiger partial charge in [0.2, 0.25) is 0 Å². The number of nitrogens with one attached hydrogen (secondary N) is 1. The maximum atomic E-state index is 13.7. The van der Waals surface area contributed by atoms with E-state index in [2.05, 4.69) is 12.2 Å². The Morgan fingerprint density at radius 2 is 2.25 bits per heavy atom. The number of hydrogen-bond donors (Lipinski definition) is 1. The van der Waals surface area contributed by atoms with Crippen LogP contribution in [0.5, 0.6) is 0 Å². The summed E-state index contributed by atoms with van der Waals surface area (Å²) in [5.41, 5.74) is 0.486. The van der Waals surface area contributed by atoms with Crippen LogP contribution >= 0.6 is 11.6 Å². The van der Waals surface area contributed by atoms with Gasteiger partial charge in [-0.3, -0.25) is 0 Å². The van der Waals surface area contributed by atoms with Gasteiger partial charge in [0.05, 0.1) is 12.6 Å². The zero-order chi connectivity index (χ0) is 12.0. The molecule has 1 unspecified atom stereocenters. The van der Waals surface area contributed by atoms with Gasteiger partial charge < -0.3 is 10.1 Å². The molecule has 1 N–H and O–H groups in total. The molecule has 0 saturated carbocycles. The van der Waals surface area contributed by atoms with Gasteiger partial charge >= 0.3 is 0 Å². The van der Waals surface area contributed by atoms with Crippen molar-refractivity contribution in [1.82, 2.24) is 5.32 Å². The standard InChI is InChI=1S/C12H17ClFNO/c1-3-7-15-11(8-16-2)12-9(13)5-4-6-10(12)14/h4-6,11,15H,3,7-8H2,1-2H3. The first-order valence-corrected chi connectivity index (χ1v) is 5.74. The lowest BCUT2D eigenvalue weighted by Crippen LogP contribution is -2.27. The molecule has 0 fully saturated rings. The first-order valence-electron chi connectivity index (χ1n) is 5.37. The van der Waals surface area contributed by atoms with E-state index in [1.54, 1.807) is 19.2 Å². The monoisotopic (exact) mass is 245 g/mol. The minimum atomic E-state index is -0.293. The van der Waals surface area contributed by atoms with E-state index in [9.17, 15) is 4.39 Å². The van der Waals surface area contributed by atoms with Gasteiger partial charge in [0.1, 0.15) is 5.82 Å². The van der Waals surface area contributed by atoms with Crippen molar-refractivity contribution >= 4 is 11.6 Å². The molecule has 16 heavy (non-hydrogen) atoms. The minimum absolute atomic E-state index is 0.196. The molecule has 0 heterocycles. The van der Waals surface area contributed by atoms with E-state index in [4.69, 9.17) is 16.3 Å². The van der Waals surface area contributed by atoms with E-state index in [0.717, 1.165) is 13.0 Å². The van der Waals surface area contributed by atoms with Crippen molar-refractivity contribution in [2.45, 2.75) is 19.4 Å². The van der Waals surface area contributed by atoms with Crippen LogP contribution in [0.25, 0.3) is 0 Å². The molecule has 1 aromatic carbocycles. The van der Waals surface area contributed by atoms with Crippen molar-refractivity contribution in [2.75, 3.05) is 20.3 Å². The number of rotatable bonds is 6. The van der Waals surface area contributed by atoms with Crippen LogP contribution in [0.1, 0.15) is 24.9 Å². The Morgan fingerprint density at radius 1 is 1.50 bits per heavy atom. The first kappa shape index (κ1) is 13.4. The lowest BCUT2D eigenvalue weighted by atomic mass is 10.1. The summed E-state index contributed by atoms with van der Waals surface area (Å²) in [6.07, 6.45) is 0.978. The number of hydrogen-bond acceptors (Lipinski definition) is 2. The molecule has 2 nitrogen and oxygen atoms in total. The average molecular weight is 246 g/mol. The lowest BCUT2D eigenvalue weighted by Gasteiger charge is -2.19. The fourth-order valence-electron chi connectivity index (χ4n) is 1.57. The van der Waals surface area contributed by atoms with Gasteiger partial charge in [-0.15, -0.1) is 0 Å². The second kappa shape index (κ2) is 6.84. The highest BCUT2D eigenvalue weighted by Gasteiger charge is 2.17. The predicted octanol–water partition coefficient (Wildman–Crippen LogP) is 3.17. The van der Waals surface area contributed by atoms with Crippen LogP contribution in [0.2, 0.25) is 5.02 Å². The van der Waals surface area contributed by atoms with Gasteiger partial charge in [0.25, 0.3) is 0 Å². The maximum absolute atomic E-state index is 13.7. The van der Waals surface area contributed by atoms with Gasteiger partial charge in [-0.25, -0.2) is 4.39 Å². The molecular weight excluding hydrogens is 229 g/mol. The van der Waals surface area contributed by atoms with Gasteiger partial charge in [-0.05, 0) is 25.1 Å². The van der Waals surface area contributed by atoms with E-state index < -0.39 is 0 Å². The normalized spacial score (nSPS) is 12.8. The number of methoxy groups -OCH3 is 1. The molecule has 0 amide bonds. The van der Waals surface area contributed by atoms with Crippen molar-refractivity contribution < 1.29 is 9.13 Å². The molecule has 0 bridgehead atoms. The summed E-state index contributed by atoms with van der Waals surface area (Å²) < 4.78 is 18.7. The largest absolute Gasteiger partial charge is 0.383 e. The quantitative estimate of drug-likeness (QED) is 0.831. The molecule has 1 atom stereocenters. The molecule has 0 aliphatic carbocycles. The third-order valence-corrected chi connectivity index (χ3v) is 2.65. The van der Waals surface area contributed by atoms with E-state index in [1.807, 2.05) is 0 Å². The Morgan fingerprint density at radius 3 is 2.81 bits per heavy atom. The maximum Gasteiger partial charge on any atom is 0.129 e. The Bertz CT molecular complexity index is 313. The first-order chi connectivity index (χ1) is 7.70. The van der Waals surface area contributed by atoms with Crippen LogP contribution in [0.3, 0.4) is 0 Å². The van der Waals surface area contributed by atoms with Crippen LogP contribution in [0.15, 0.2) is 18.2 Å². The van der Waals surface area contributed by atoms with E-state index in [-0.39, 0.29) is 11.9 Å². The van der Waals surface area contributed by atoms with Gasteiger partial charge in [-0.2, -0.15) is 0 Å². The van der Waals surface area contributed by atoms with Gasteiger partial charge in [0, 0.05) is 17.7 Å². The zero-order valence-corrected chi connectivity index (χ0v) is 10.4. The van der Waals surface area contributed by atoms with Gasteiger partial charge in [-0.1, -0.05) is 24.6 Å². The van der Waals surface area contributed by atoms with Crippen LogP contribution in [0, 0.1) is 5.82 Å². The Labute approximate surface area is 101 Å². The lowest BCUT2D eigenvalue weighted by molar-refractivity contribution is 0.165. The van der Waals surface area contributed by atoms with Crippen molar-refractivity contribution in [3.8, 4) is 0 Å². The topological polar surface area (TPSA) is 21.3 Å². The summed E-state index contributed by atoms with van der Waals surface area (Å²) in [6, 6.07) is 4.51. The Hall–Kier alpha value is -0.640. The Balaban J connectivity index is 2.90. The number of benzene rings is 1. The summed E-state index contributed by atoms with van der Waals surface area (Å²) in [6.45, 7) is 3.26. The highest BCUT2D eigenvalue weighted by atomic mass is 35.5. The number of halogens is 2.